The molecule has 3 aromatic rings. The maximum atomic E-state index is 12.7. The zero-order valence-electron chi connectivity index (χ0n) is 15.4. The molecule has 27 heavy (non-hydrogen) atoms. The Morgan fingerprint density at radius 3 is 2.93 bits per heavy atom. The van der Waals surface area contributed by atoms with Crippen molar-refractivity contribution in [3.05, 3.63) is 54.4 Å². The number of likely N-dealkylation sites (tertiary alicyclic amines) is 1. The molecule has 3 heterocycles. The number of benzene rings is 1. The first-order valence-corrected chi connectivity index (χ1v) is 9.38. The SMILES string of the molecule is Cc1nccn1CCCC(=O)N1CCC[C@@H]1c1nc(-c2ccccc2)no1. The van der Waals surface area contributed by atoms with Gasteiger partial charge in [0.05, 0.1) is 0 Å². The Hall–Kier alpha value is -2.96. The van der Waals surface area contributed by atoms with E-state index in [9.17, 15) is 4.79 Å². The van der Waals surface area contributed by atoms with Gasteiger partial charge in [0.25, 0.3) is 0 Å². The zero-order valence-corrected chi connectivity index (χ0v) is 15.4. The zero-order chi connectivity index (χ0) is 18.6. The Morgan fingerprint density at radius 2 is 2.15 bits per heavy atom. The molecule has 1 aromatic carbocycles. The average Bonchev–Trinajstić information content (AvgIpc) is 3.43. The number of imidazole rings is 1. The minimum absolute atomic E-state index is 0.113. The molecule has 1 saturated heterocycles. The van der Waals surface area contributed by atoms with E-state index >= 15 is 0 Å². The predicted molar refractivity (Wildman–Crippen MR) is 99.6 cm³/mol. The van der Waals surface area contributed by atoms with Crippen LogP contribution >= 0.6 is 0 Å². The Morgan fingerprint density at radius 1 is 1.30 bits per heavy atom. The quantitative estimate of drug-likeness (QED) is 0.669. The van der Waals surface area contributed by atoms with Crippen molar-refractivity contribution in [2.45, 2.75) is 45.2 Å². The first kappa shape index (κ1) is 17.5. The molecule has 0 radical (unpaired) electrons. The molecule has 0 N–H and O–H groups in total. The summed E-state index contributed by atoms with van der Waals surface area (Å²) < 4.78 is 7.56. The third-order valence-corrected chi connectivity index (χ3v) is 5.05. The van der Waals surface area contributed by atoms with Crippen LogP contribution < -0.4 is 0 Å². The summed E-state index contributed by atoms with van der Waals surface area (Å²) in [6, 6.07) is 9.62. The van der Waals surface area contributed by atoms with Crippen LogP contribution in [0.4, 0.5) is 0 Å². The molecule has 140 valence electrons. The van der Waals surface area contributed by atoms with Crippen LogP contribution in [0.25, 0.3) is 11.4 Å². The van der Waals surface area contributed by atoms with Gasteiger partial charge in [0.1, 0.15) is 11.9 Å². The van der Waals surface area contributed by atoms with Crippen LogP contribution in [0, 0.1) is 6.92 Å². The molecule has 1 fully saturated rings. The minimum atomic E-state index is -0.113. The van der Waals surface area contributed by atoms with E-state index in [1.165, 1.54) is 0 Å². The molecule has 2 aromatic heterocycles. The molecule has 1 atom stereocenters. The second kappa shape index (κ2) is 7.73. The highest BCUT2D eigenvalue weighted by molar-refractivity contribution is 5.76. The highest BCUT2D eigenvalue weighted by Gasteiger charge is 2.33. The van der Waals surface area contributed by atoms with E-state index in [2.05, 4.69) is 19.7 Å². The molecular formula is C20H23N5O2. The van der Waals surface area contributed by atoms with Crippen LogP contribution in [0.15, 0.2) is 47.2 Å². The van der Waals surface area contributed by atoms with Gasteiger partial charge in [-0.25, -0.2) is 4.98 Å². The number of aryl methyl sites for hydroxylation is 2. The second-order valence-corrected chi connectivity index (χ2v) is 6.84. The van der Waals surface area contributed by atoms with Gasteiger partial charge >= 0.3 is 0 Å². The first-order chi connectivity index (χ1) is 13.2. The Labute approximate surface area is 158 Å². The van der Waals surface area contributed by atoms with Crippen LogP contribution in [0.1, 0.15) is 43.4 Å². The third kappa shape index (κ3) is 3.77. The maximum absolute atomic E-state index is 12.7. The molecule has 4 rings (SSSR count). The van der Waals surface area contributed by atoms with Gasteiger partial charge in [0.2, 0.25) is 17.6 Å². The fraction of sp³-hybridized carbons (Fsp3) is 0.400. The summed E-state index contributed by atoms with van der Waals surface area (Å²) in [5, 5.41) is 4.10. The lowest BCUT2D eigenvalue weighted by atomic mass is 10.2. The highest BCUT2D eigenvalue weighted by Crippen LogP contribution is 2.32. The Kier molecular flexibility index (Phi) is 5.00. The van der Waals surface area contributed by atoms with Crippen LogP contribution in [0.3, 0.4) is 0 Å². The molecule has 0 saturated carbocycles. The van der Waals surface area contributed by atoms with E-state index in [-0.39, 0.29) is 11.9 Å². The molecule has 0 unspecified atom stereocenters. The Bertz CT molecular complexity index is 902. The lowest BCUT2D eigenvalue weighted by molar-refractivity contribution is -0.132. The molecule has 7 nitrogen and oxygen atoms in total. The predicted octanol–water partition coefficient (Wildman–Crippen LogP) is 3.39. The lowest BCUT2D eigenvalue weighted by Gasteiger charge is -2.22. The number of carbonyl (C=O) groups is 1. The summed E-state index contributed by atoms with van der Waals surface area (Å²) in [7, 11) is 0. The highest BCUT2D eigenvalue weighted by atomic mass is 16.5. The lowest BCUT2D eigenvalue weighted by Crippen LogP contribution is -2.30. The molecule has 0 bridgehead atoms. The van der Waals surface area contributed by atoms with Crippen LogP contribution in [0.5, 0.6) is 0 Å². The molecule has 1 aliphatic rings. The maximum Gasteiger partial charge on any atom is 0.249 e. The Balaban J connectivity index is 1.39. The first-order valence-electron chi connectivity index (χ1n) is 9.38. The van der Waals surface area contributed by atoms with Gasteiger partial charge in [0.15, 0.2) is 0 Å². The number of rotatable bonds is 6. The second-order valence-electron chi connectivity index (χ2n) is 6.84. The summed E-state index contributed by atoms with van der Waals surface area (Å²) >= 11 is 0. The van der Waals surface area contributed by atoms with Crippen LogP contribution in [0.2, 0.25) is 0 Å². The number of aromatic nitrogens is 4. The van der Waals surface area contributed by atoms with E-state index in [1.807, 2.05) is 48.4 Å². The summed E-state index contributed by atoms with van der Waals surface area (Å²) in [6.45, 7) is 3.52. The van der Waals surface area contributed by atoms with Gasteiger partial charge in [-0.15, -0.1) is 0 Å². The van der Waals surface area contributed by atoms with E-state index in [0.29, 0.717) is 18.1 Å². The van der Waals surface area contributed by atoms with Crippen molar-refractivity contribution in [2.24, 2.45) is 0 Å². The van der Waals surface area contributed by atoms with Crippen LogP contribution in [-0.2, 0) is 11.3 Å². The number of amides is 1. The molecule has 0 spiro atoms. The summed E-state index contributed by atoms with van der Waals surface area (Å²) in [5.41, 5.74) is 0.916. The monoisotopic (exact) mass is 365 g/mol. The van der Waals surface area contributed by atoms with E-state index in [4.69, 9.17) is 4.52 Å². The van der Waals surface area contributed by atoms with Crippen molar-refractivity contribution in [2.75, 3.05) is 6.54 Å². The van der Waals surface area contributed by atoms with Gasteiger partial charge in [-0.1, -0.05) is 35.5 Å². The summed E-state index contributed by atoms with van der Waals surface area (Å²) in [5.74, 6) is 2.22. The standard InChI is InChI=1S/C20H23N5O2/c1-15-21-11-14-24(15)12-6-10-18(26)25-13-5-9-17(25)20-22-19(23-27-20)16-7-3-2-4-8-16/h2-4,7-8,11,14,17H,5-6,9-10,12-13H2,1H3/t17-/m1/s1. The average molecular weight is 365 g/mol. The number of nitrogens with zero attached hydrogens (tertiary/aromatic N) is 5. The molecular weight excluding hydrogens is 342 g/mol. The summed E-state index contributed by atoms with van der Waals surface area (Å²) in [4.78, 5) is 23.4. The number of hydrogen-bond donors (Lipinski definition) is 0. The van der Waals surface area contributed by atoms with Crippen molar-refractivity contribution in [1.29, 1.82) is 0 Å². The minimum Gasteiger partial charge on any atom is -0.337 e. The third-order valence-electron chi connectivity index (χ3n) is 5.05. The molecule has 1 amide bonds. The van der Waals surface area contributed by atoms with Gasteiger partial charge in [-0.2, -0.15) is 4.98 Å². The van der Waals surface area contributed by atoms with Crippen molar-refractivity contribution in [3.8, 4) is 11.4 Å². The van der Waals surface area contributed by atoms with Gasteiger partial charge < -0.3 is 14.0 Å². The van der Waals surface area contributed by atoms with Gasteiger partial charge in [-0.3, -0.25) is 4.79 Å². The molecule has 1 aliphatic heterocycles. The van der Waals surface area contributed by atoms with Crippen molar-refractivity contribution >= 4 is 5.91 Å². The number of carbonyl (C=O) groups excluding carboxylic acids is 1. The molecule has 0 aliphatic carbocycles. The van der Waals surface area contributed by atoms with E-state index < -0.39 is 0 Å². The van der Waals surface area contributed by atoms with Gasteiger partial charge in [0, 0.05) is 37.5 Å². The van der Waals surface area contributed by atoms with E-state index in [0.717, 1.165) is 43.7 Å². The largest absolute Gasteiger partial charge is 0.337 e. The van der Waals surface area contributed by atoms with Gasteiger partial charge in [-0.05, 0) is 26.2 Å². The fourth-order valence-corrected chi connectivity index (χ4v) is 3.58. The fourth-order valence-electron chi connectivity index (χ4n) is 3.58. The number of hydrogen-bond acceptors (Lipinski definition) is 5. The van der Waals surface area contributed by atoms with Crippen LogP contribution in [-0.4, -0.2) is 37.0 Å². The van der Waals surface area contributed by atoms with Crippen molar-refractivity contribution < 1.29 is 9.32 Å². The summed E-state index contributed by atoms with van der Waals surface area (Å²) in [6.07, 6.45) is 6.85. The van der Waals surface area contributed by atoms with E-state index in [1.54, 1.807) is 6.20 Å². The topological polar surface area (TPSA) is 77.1 Å². The smallest absolute Gasteiger partial charge is 0.249 e. The molecule has 7 heteroatoms. The van der Waals surface area contributed by atoms with Crippen molar-refractivity contribution in [1.82, 2.24) is 24.6 Å². The van der Waals surface area contributed by atoms with Crippen molar-refractivity contribution in [3.63, 3.8) is 0 Å². The normalized spacial score (nSPS) is 16.8.